The van der Waals surface area contributed by atoms with Gasteiger partial charge < -0.3 is 24.8 Å². The highest BCUT2D eigenvalue weighted by Crippen LogP contribution is 2.52. The van der Waals surface area contributed by atoms with Crippen molar-refractivity contribution in [2.24, 2.45) is 0 Å². The number of nitriles is 1. The first kappa shape index (κ1) is 22.0. The fourth-order valence-electron chi connectivity index (χ4n) is 4.16. The number of methoxy groups -OCH3 is 3. The molecule has 0 bridgehead atoms. The minimum atomic E-state index is -0.419. The van der Waals surface area contributed by atoms with E-state index in [1.807, 2.05) is 0 Å². The summed E-state index contributed by atoms with van der Waals surface area (Å²) in [5, 5.41) is 15.8. The second kappa shape index (κ2) is 8.96. The number of fused-ring (bicyclic) bond motifs is 3. The Hall–Kier alpha value is -3.73. The Balaban J connectivity index is 2.52. The Kier molecular flexibility index (Phi) is 6.35. The molecule has 1 atom stereocenters. The number of rotatable bonds is 5. The lowest BCUT2D eigenvalue weighted by atomic mass is 9.92. The third-order valence-corrected chi connectivity index (χ3v) is 5.45. The number of nitrogens with zero attached hydrogens (tertiary/aromatic N) is 1. The van der Waals surface area contributed by atoms with Gasteiger partial charge >= 0.3 is 0 Å². The van der Waals surface area contributed by atoms with Gasteiger partial charge in [0.05, 0.1) is 33.1 Å². The van der Waals surface area contributed by atoms with E-state index in [9.17, 15) is 14.9 Å². The minimum Gasteiger partial charge on any atom is -0.492 e. The summed E-state index contributed by atoms with van der Waals surface area (Å²) in [6.45, 7) is 1.44. The van der Waals surface area contributed by atoms with E-state index in [1.165, 1.54) is 34.3 Å². The quantitative estimate of drug-likeness (QED) is 0.761. The van der Waals surface area contributed by atoms with Crippen LogP contribution < -0.4 is 30.3 Å². The van der Waals surface area contributed by atoms with Gasteiger partial charge in [-0.1, -0.05) is 6.07 Å². The molecule has 0 spiro atoms. The zero-order valence-electron chi connectivity index (χ0n) is 18.2. The topological polar surface area (TPSA) is 110 Å². The predicted octanol–water partition coefficient (Wildman–Crippen LogP) is 2.78. The summed E-state index contributed by atoms with van der Waals surface area (Å²) in [5.41, 5.74) is 3.24. The molecule has 2 aromatic carbocycles. The first-order chi connectivity index (χ1) is 14.9. The molecule has 162 valence electrons. The Labute approximate surface area is 180 Å². The second-order valence-electron chi connectivity index (χ2n) is 7.11. The lowest BCUT2D eigenvalue weighted by Gasteiger charge is -2.21. The third kappa shape index (κ3) is 3.75. The van der Waals surface area contributed by atoms with E-state index in [2.05, 4.69) is 16.7 Å². The van der Waals surface area contributed by atoms with Crippen molar-refractivity contribution in [3.8, 4) is 34.4 Å². The summed E-state index contributed by atoms with van der Waals surface area (Å²) in [5.74, 6) is 0.785. The molecule has 1 amide bonds. The molecule has 0 unspecified atom stereocenters. The number of hydrogen-bond acceptors (Lipinski definition) is 7. The summed E-state index contributed by atoms with van der Waals surface area (Å²) in [4.78, 5) is 24.7. The zero-order valence-corrected chi connectivity index (χ0v) is 18.2. The first-order valence-electron chi connectivity index (χ1n) is 9.80. The van der Waals surface area contributed by atoms with Crippen LogP contribution in [0.3, 0.4) is 0 Å². The van der Waals surface area contributed by atoms with Crippen molar-refractivity contribution in [2.45, 2.75) is 25.8 Å². The van der Waals surface area contributed by atoms with Gasteiger partial charge in [-0.2, -0.15) is 5.26 Å². The molecule has 0 aromatic heterocycles. The van der Waals surface area contributed by atoms with Gasteiger partial charge in [0.15, 0.2) is 11.5 Å². The van der Waals surface area contributed by atoms with E-state index in [0.29, 0.717) is 58.0 Å². The van der Waals surface area contributed by atoms with Crippen LogP contribution in [0, 0.1) is 11.3 Å². The van der Waals surface area contributed by atoms with Gasteiger partial charge in [0, 0.05) is 19.5 Å². The van der Waals surface area contributed by atoms with Crippen LogP contribution >= 0.6 is 0 Å². The molecule has 2 aromatic rings. The van der Waals surface area contributed by atoms with Crippen LogP contribution in [0.2, 0.25) is 0 Å². The van der Waals surface area contributed by atoms with Gasteiger partial charge in [-0.05, 0) is 41.7 Å². The highest BCUT2D eigenvalue weighted by atomic mass is 16.5. The summed E-state index contributed by atoms with van der Waals surface area (Å²) in [6, 6.07) is 6.83. The molecule has 31 heavy (non-hydrogen) atoms. The number of carbonyl (C=O) groups excluding carboxylic acids is 1. The van der Waals surface area contributed by atoms with Gasteiger partial charge in [-0.15, -0.1) is 0 Å². The largest absolute Gasteiger partial charge is 0.492 e. The Morgan fingerprint density at radius 1 is 1.13 bits per heavy atom. The fourth-order valence-corrected chi connectivity index (χ4v) is 4.16. The van der Waals surface area contributed by atoms with Crippen molar-refractivity contribution in [1.82, 2.24) is 5.32 Å². The van der Waals surface area contributed by atoms with Gasteiger partial charge in [0.2, 0.25) is 17.1 Å². The van der Waals surface area contributed by atoms with E-state index >= 15 is 0 Å². The van der Waals surface area contributed by atoms with Crippen LogP contribution in [-0.4, -0.2) is 34.3 Å². The Bertz CT molecular complexity index is 1140. The lowest BCUT2D eigenvalue weighted by Crippen LogP contribution is -2.26. The van der Waals surface area contributed by atoms with Gasteiger partial charge in [0.1, 0.15) is 11.6 Å². The van der Waals surface area contributed by atoms with Crippen LogP contribution in [0.25, 0.3) is 11.1 Å². The first-order valence-corrected chi connectivity index (χ1v) is 9.80. The van der Waals surface area contributed by atoms with Crippen LogP contribution in [0.1, 0.15) is 36.1 Å². The number of nitrogens with one attached hydrogen (secondary N) is 2. The molecule has 0 heterocycles. The average molecular weight is 423 g/mol. The van der Waals surface area contributed by atoms with Gasteiger partial charge in [-0.3, -0.25) is 9.59 Å². The summed E-state index contributed by atoms with van der Waals surface area (Å²) in [6.07, 6.45) is 0.955. The molecule has 0 saturated carbocycles. The molecule has 8 heteroatoms. The highest BCUT2D eigenvalue weighted by molar-refractivity contribution is 5.86. The number of anilines is 1. The number of amides is 1. The second-order valence-corrected chi connectivity index (χ2v) is 7.11. The van der Waals surface area contributed by atoms with Crippen molar-refractivity contribution in [3.63, 3.8) is 0 Å². The standard InChI is InChI=1S/C23H25N3O5/c1-12(27)26-17-8-6-14-16(11-24)21(29-3)23(31-5)22(30-4)20(14)13-7-9-18(25-2)19(28)10-15(13)17/h7,9-10,17H,6,8H2,1-5H3,(H,25,28)(H,26,27)/t17-/m1/s1. The molecule has 1 aliphatic carbocycles. The zero-order chi connectivity index (χ0) is 22.7. The molecular formula is C23H25N3O5. The molecule has 3 rings (SSSR count). The Morgan fingerprint density at radius 3 is 2.35 bits per heavy atom. The molecular weight excluding hydrogens is 398 g/mol. The van der Waals surface area contributed by atoms with Crippen LogP contribution in [-0.2, 0) is 11.2 Å². The normalized spacial score (nSPS) is 14.3. The molecule has 0 radical (unpaired) electrons. The lowest BCUT2D eigenvalue weighted by molar-refractivity contribution is -0.119. The van der Waals surface area contributed by atoms with Crippen molar-refractivity contribution in [3.05, 3.63) is 45.1 Å². The average Bonchev–Trinajstić information content (AvgIpc) is 3.00. The van der Waals surface area contributed by atoms with E-state index in [0.717, 1.165) is 5.56 Å². The monoisotopic (exact) mass is 423 g/mol. The highest BCUT2D eigenvalue weighted by Gasteiger charge is 2.32. The van der Waals surface area contributed by atoms with Gasteiger partial charge in [-0.25, -0.2) is 0 Å². The summed E-state index contributed by atoms with van der Waals surface area (Å²) < 4.78 is 16.8. The maximum Gasteiger partial charge on any atom is 0.217 e. The summed E-state index contributed by atoms with van der Waals surface area (Å²) in [7, 11) is 6.13. The molecule has 1 aliphatic rings. The van der Waals surface area contributed by atoms with Crippen molar-refractivity contribution in [1.29, 1.82) is 5.26 Å². The fraction of sp³-hybridized carbons (Fsp3) is 0.348. The van der Waals surface area contributed by atoms with E-state index in [1.54, 1.807) is 19.2 Å². The van der Waals surface area contributed by atoms with E-state index in [-0.39, 0.29) is 11.3 Å². The molecule has 0 fully saturated rings. The predicted molar refractivity (Wildman–Crippen MR) is 117 cm³/mol. The van der Waals surface area contributed by atoms with E-state index < -0.39 is 6.04 Å². The maximum absolute atomic E-state index is 12.8. The van der Waals surface area contributed by atoms with Crippen LogP contribution in [0.5, 0.6) is 17.2 Å². The molecule has 2 N–H and O–H groups in total. The Morgan fingerprint density at radius 2 is 1.81 bits per heavy atom. The van der Waals surface area contributed by atoms with Crippen molar-refractivity contribution < 1.29 is 19.0 Å². The van der Waals surface area contributed by atoms with Crippen molar-refractivity contribution in [2.75, 3.05) is 33.7 Å². The number of hydrogen-bond donors (Lipinski definition) is 2. The minimum absolute atomic E-state index is 0.206. The van der Waals surface area contributed by atoms with Crippen LogP contribution in [0.4, 0.5) is 5.69 Å². The molecule has 8 nitrogen and oxygen atoms in total. The maximum atomic E-state index is 12.8. The van der Waals surface area contributed by atoms with Crippen molar-refractivity contribution >= 4 is 11.6 Å². The van der Waals surface area contributed by atoms with Crippen LogP contribution in [0.15, 0.2) is 23.0 Å². The number of benzene rings is 1. The number of carbonyl (C=O) groups is 1. The third-order valence-electron chi connectivity index (χ3n) is 5.45. The SMILES string of the molecule is CNc1ccc2c(cc1=O)[C@H](NC(C)=O)CCc1c(C#N)c(OC)c(OC)c(OC)c1-2. The van der Waals surface area contributed by atoms with Gasteiger partial charge in [0.25, 0.3) is 0 Å². The molecule has 0 saturated heterocycles. The molecule has 0 aliphatic heterocycles. The number of ether oxygens (including phenoxy) is 3. The van der Waals surface area contributed by atoms with E-state index in [4.69, 9.17) is 14.2 Å². The summed E-state index contributed by atoms with van der Waals surface area (Å²) >= 11 is 0. The smallest absolute Gasteiger partial charge is 0.217 e.